The number of likely N-dealkylation sites (N-methyl/N-ethyl adjacent to an activating group) is 1. The highest BCUT2D eigenvalue weighted by molar-refractivity contribution is 5.91. The highest BCUT2D eigenvalue weighted by Gasteiger charge is 2.26. The van der Waals surface area contributed by atoms with E-state index in [1.54, 1.807) is 21.0 Å². The van der Waals surface area contributed by atoms with Crippen LogP contribution in [0.5, 0.6) is 0 Å². The van der Waals surface area contributed by atoms with Crippen LogP contribution in [0.4, 0.5) is 0 Å². The number of carbonyl (C=O) groups is 3. The Balaban J connectivity index is 2.44. The molecule has 0 radical (unpaired) electrons. The summed E-state index contributed by atoms with van der Waals surface area (Å²) in [5.74, 6) is -0.586. The number of nitrogens with one attached hydrogen (secondary N) is 3. The number of rotatable bonds is 3. The third kappa shape index (κ3) is 3.70. The minimum Gasteiger partial charge on any atom is -0.353 e. The van der Waals surface area contributed by atoms with E-state index in [4.69, 9.17) is 0 Å². The molecule has 0 aromatic rings. The lowest BCUT2D eigenvalue weighted by Crippen LogP contribution is -2.60. The maximum atomic E-state index is 11.7. The fourth-order valence-electron chi connectivity index (χ4n) is 1.51. The number of hydrogen-bond acceptors (Lipinski definition) is 4. The zero-order valence-electron chi connectivity index (χ0n) is 10.2. The first-order chi connectivity index (χ1) is 7.91. The first-order valence-corrected chi connectivity index (χ1v) is 5.43. The van der Waals surface area contributed by atoms with E-state index in [0.29, 0.717) is 0 Å². The van der Waals surface area contributed by atoms with E-state index in [2.05, 4.69) is 16.0 Å². The molecule has 2 atom stereocenters. The molecule has 1 heterocycles. The van der Waals surface area contributed by atoms with Crippen LogP contribution < -0.4 is 16.0 Å². The number of nitrogens with zero attached hydrogens (tertiary/aromatic N) is 1. The summed E-state index contributed by atoms with van der Waals surface area (Å²) >= 11 is 0. The van der Waals surface area contributed by atoms with Gasteiger partial charge in [0.2, 0.25) is 17.7 Å². The maximum Gasteiger partial charge on any atom is 0.244 e. The topological polar surface area (TPSA) is 90.5 Å². The third-order valence-electron chi connectivity index (χ3n) is 2.50. The Morgan fingerprint density at radius 2 is 2.12 bits per heavy atom. The van der Waals surface area contributed by atoms with Gasteiger partial charge in [0.15, 0.2) is 0 Å². The van der Waals surface area contributed by atoms with Gasteiger partial charge in [0.05, 0.1) is 6.54 Å². The lowest BCUT2D eigenvalue weighted by atomic mass is 10.2. The molecule has 1 rings (SSSR count). The number of hydrogen-bond donors (Lipinski definition) is 3. The molecule has 0 aromatic heterocycles. The summed E-state index contributed by atoms with van der Waals surface area (Å²) < 4.78 is 0. The van der Waals surface area contributed by atoms with Crippen LogP contribution in [0.25, 0.3) is 0 Å². The van der Waals surface area contributed by atoms with E-state index in [-0.39, 0.29) is 30.8 Å². The summed E-state index contributed by atoms with van der Waals surface area (Å²) in [7, 11) is 3.26. The third-order valence-corrected chi connectivity index (χ3v) is 2.50. The van der Waals surface area contributed by atoms with Crippen LogP contribution in [0.3, 0.4) is 0 Å². The average molecular weight is 242 g/mol. The Morgan fingerprint density at radius 3 is 2.59 bits per heavy atom. The van der Waals surface area contributed by atoms with Crippen LogP contribution in [-0.2, 0) is 14.4 Å². The number of piperazine rings is 1. The second-order valence-corrected chi connectivity index (χ2v) is 4.20. The van der Waals surface area contributed by atoms with E-state index < -0.39 is 12.1 Å². The molecular weight excluding hydrogens is 224 g/mol. The number of carbonyl (C=O) groups excluding carboxylic acids is 3. The quantitative estimate of drug-likeness (QED) is 0.517. The van der Waals surface area contributed by atoms with Gasteiger partial charge >= 0.3 is 0 Å². The van der Waals surface area contributed by atoms with Crippen molar-refractivity contribution in [3.05, 3.63) is 0 Å². The highest BCUT2D eigenvalue weighted by atomic mass is 16.2. The van der Waals surface area contributed by atoms with Crippen molar-refractivity contribution in [2.24, 2.45) is 0 Å². The van der Waals surface area contributed by atoms with Gasteiger partial charge in [-0.1, -0.05) is 0 Å². The Kier molecular flexibility index (Phi) is 4.45. The molecule has 0 aliphatic carbocycles. The van der Waals surface area contributed by atoms with Crippen molar-refractivity contribution in [1.82, 2.24) is 20.9 Å². The predicted octanol–water partition coefficient (Wildman–Crippen LogP) is -2.33. The van der Waals surface area contributed by atoms with Crippen LogP contribution in [0.1, 0.15) is 6.92 Å². The first kappa shape index (κ1) is 13.4. The van der Waals surface area contributed by atoms with E-state index in [1.807, 2.05) is 0 Å². The van der Waals surface area contributed by atoms with Gasteiger partial charge in [-0.15, -0.1) is 0 Å². The van der Waals surface area contributed by atoms with E-state index in [0.717, 1.165) is 0 Å². The monoisotopic (exact) mass is 242 g/mol. The van der Waals surface area contributed by atoms with E-state index >= 15 is 0 Å². The molecule has 7 heteroatoms. The molecule has 1 fully saturated rings. The van der Waals surface area contributed by atoms with Crippen LogP contribution >= 0.6 is 0 Å². The molecule has 1 aliphatic heterocycles. The van der Waals surface area contributed by atoms with Crippen LogP contribution in [0.2, 0.25) is 0 Å². The van der Waals surface area contributed by atoms with Gasteiger partial charge in [0.1, 0.15) is 12.1 Å². The fraction of sp³-hybridized carbons (Fsp3) is 0.700. The SMILES string of the molecule is CC(NC(=O)C1CNC(=O)CN1)C(=O)N(C)C. The summed E-state index contributed by atoms with van der Waals surface area (Å²) in [4.78, 5) is 35.6. The minimum atomic E-state index is -0.572. The molecule has 0 spiro atoms. The summed E-state index contributed by atoms with van der Waals surface area (Å²) in [6, 6.07) is -1.05. The van der Waals surface area contributed by atoms with Crippen LogP contribution in [-0.4, -0.2) is 61.9 Å². The number of amides is 3. The molecule has 3 N–H and O–H groups in total. The van der Waals surface area contributed by atoms with Crippen molar-refractivity contribution in [1.29, 1.82) is 0 Å². The largest absolute Gasteiger partial charge is 0.353 e. The average Bonchev–Trinajstić information content (AvgIpc) is 2.28. The molecule has 3 amide bonds. The van der Waals surface area contributed by atoms with Gasteiger partial charge in [-0.05, 0) is 6.92 Å². The molecule has 0 aromatic carbocycles. The van der Waals surface area contributed by atoms with Crippen molar-refractivity contribution in [2.45, 2.75) is 19.0 Å². The molecule has 2 unspecified atom stereocenters. The summed E-state index contributed by atoms with van der Waals surface area (Å²) in [5.41, 5.74) is 0. The van der Waals surface area contributed by atoms with E-state index in [9.17, 15) is 14.4 Å². The Labute approximate surface area is 99.9 Å². The summed E-state index contributed by atoms with van der Waals surface area (Å²) in [6.07, 6.45) is 0. The molecule has 7 nitrogen and oxygen atoms in total. The molecule has 0 bridgehead atoms. The zero-order chi connectivity index (χ0) is 13.0. The normalized spacial score (nSPS) is 21.4. The Morgan fingerprint density at radius 1 is 1.47 bits per heavy atom. The van der Waals surface area contributed by atoms with Crippen LogP contribution in [0, 0.1) is 0 Å². The standard InChI is InChI=1S/C10H18N4O3/c1-6(10(17)14(2)3)13-9(16)7-4-12-8(15)5-11-7/h6-7,11H,4-5H2,1-3H3,(H,12,15)(H,13,16). The van der Waals surface area contributed by atoms with Crippen molar-refractivity contribution < 1.29 is 14.4 Å². The maximum absolute atomic E-state index is 11.7. The van der Waals surface area contributed by atoms with Crippen molar-refractivity contribution in [3.8, 4) is 0 Å². The lowest BCUT2D eigenvalue weighted by Gasteiger charge is -2.25. The molecule has 1 saturated heterocycles. The molecule has 1 aliphatic rings. The lowest BCUT2D eigenvalue weighted by molar-refractivity contribution is -0.135. The summed E-state index contributed by atoms with van der Waals surface area (Å²) in [5, 5.41) is 7.98. The van der Waals surface area contributed by atoms with Gasteiger partial charge in [0.25, 0.3) is 0 Å². The zero-order valence-corrected chi connectivity index (χ0v) is 10.2. The van der Waals surface area contributed by atoms with Gasteiger partial charge in [0, 0.05) is 20.6 Å². The van der Waals surface area contributed by atoms with Gasteiger partial charge in [-0.25, -0.2) is 0 Å². The predicted molar refractivity (Wildman–Crippen MR) is 61.1 cm³/mol. The van der Waals surface area contributed by atoms with Crippen molar-refractivity contribution >= 4 is 17.7 Å². The Hall–Kier alpha value is -1.63. The molecule has 17 heavy (non-hydrogen) atoms. The highest BCUT2D eigenvalue weighted by Crippen LogP contribution is 1.93. The van der Waals surface area contributed by atoms with E-state index in [1.165, 1.54) is 4.90 Å². The Bertz CT molecular complexity index is 320. The van der Waals surface area contributed by atoms with Gasteiger partial charge in [-0.3, -0.25) is 19.7 Å². The minimum absolute atomic E-state index is 0.119. The second-order valence-electron chi connectivity index (χ2n) is 4.20. The van der Waals surface area contributed by atoms with Gasteiger partial charge < -0.3 is 15.5 Å². The molecule has 96 valence electrons. The van der Waals surface area contributed by atoms with Crippen molar-refractivity contribution in [3.63, 3.8) is 0 Å². The van der Waals surface area contributed by atoms with Crippen LogP contribution in [0.15, 0.2) is 0 Å². The first-order valence-electron chi connectivity index (χ1n) is 5.43. The smallest absolute Gasteiger partial charge is 0.244 e. The fourth-order valence-corrected chi connectivity index (χ4v) is 1.51. The molecular formula is C10H18N4O3. The second kappa shape index (κ2) is 5.62. The van der Waals surface area contributed by atoms with Gasteiger partial charge in [-0.2, -0.15) is 0 Å². The molecule has 0 saturated carbocycles. The van der Waals surface area contributed by atoms with Crippen molar-refractivity contribution in [2.75, 3.05) is 27.2 Å². The summed E-state index contributed by atoms with van der Waals surface area (Å²) in [6.45, 7) is 1.99.